The normalized spacial score (nSPS) is 10.1. The van der Waals surface area contributed by atoms with E-state index in [9.17, 15) is 9.59 Å². The average molecular weight is 245 g/mol. The van der Waals surface area contributed by atoms with Crippen LogP contribution < -0.4 is 0 Å². The molecule has 1 amide bonds. The molecule has 0 unspecified atom stereocenters. The minimum atomic E-state index is -0.265. The van der Waals surface area contributed by atoms with Crippen molar-refractivity contribution in [3.63, 3.8) is 0 Å². The van der Waals surface area contributed by atoms with Crippen LogP contribution in [-0.2, 0) is 19.1 Å². The second-order valence-electron chi connectivity index (χ2n) is 3.68. The number of methoxy groups -OCH3 is 1. The van der Waals surface area contributed by atoms with Crippen molar-refractivity contribution >= 4 is 11.9 Å². The highest BCUT2D eigenvalue weighted by atomic mass is 16.5. The van der Waals surface area contributed by atoms with Gasteiger partial charge >= 0.3 is 5.97 Å². The Morgan fingerprint density at radius 1 is 1.12 bits per heavy atom. The monoisotopic (exact) mass is 245 g/mol. The maximum Gasteiger partial charge on any atom is 0.307 e. The van der Waals surface area contributed by atoms with Crippen LogP contribution in [0.5, 0.6) is 0 Å². The van der Waals surface area contributed by atoms with E-state index in [1.165, 1.54) is 0 Å². The molecule has 0 spiro atoms. The Labute approximate surface area is 103 Å². The highest BCUT2D eigenvalue weighted by Gasteiger charge is 2.14. The van der Waals surface area contributed by atoms with Gasteiger partial charge in [0.25, 0.3) is 0 Å². The first-order valence-electron chi connectivity index (χ1n) is 6.08. The first-order valence-corrected chi connectivity index (χ1v) is 6.08. The van der Waals surface area contributed by atoms with E-state index in [0.717, 1.165) is 6.42 Å². The fraction of sp³-hybridized carbons (Fsp3) is 0.833. The molecule has 0 saturated carbocycles. The molecule has 0 aromatic carbocycles. The standard InChI is InChI=1S/C12H23NO4/c1-4-6-11(14)13(9-10-16-3)8-7-12(15)17-5-2/h4-10H2,1-3H3. The summed E-state index contributed by atoms with van der Waals surface area (Å²) in [6.07, 6.45) is 1.56. The maximum absolute atomic E-state index is 11.7. The largest absolute Gasteiger partial charge is 0.466 e. The van der Waals surface area contributed by atoms with Gasteiger partial charge in [0.2, 0.25) is 5.91 Å². The molecule has 0 rings (SSSR count). The van der Waals surface area contributed by atoms with Gasteiger partial charge in [0.15, 0.2) is 0 Å². The molecule has 0 aliphatic rings. The first-order chi connectivity index (χ1) is 8.15. The zero-order valence-electron chi connectivity index (χ0n) is 11.0. The number of amides is 1. The Morgan fingerprint density at radius 3 is 2.35 bits per heavy atom. The lowest BCUT2D eigenvalue weighted by molar-refractivity contribution is -0.144. The number of hydrogen-bond acceptors (Lipinski definition) is 4. The summed E-state index contributed by atoms with van der Waals surface area (Å²) in [6, 6.07) is 0. The molecule has 0 N–H and O–H groups in total. The molecule has 0 bridgehead atoms. The van der Waals surface area contributed by atoms with Crippen LogP contribution in [-0.4, -0.2) is 50.2 Å². The van der Waals surface area contributed by atoms with E-state index in [0.29, 0.717) is 32.7 Å². The van der Waals surface area contributed by atoms with E-state index in [1.807, 2.05) is 6.92 Å². The van der Waals surface area contributed by atoms with Gasteiger partial charge in [-0.1, -0.05) is 6.92 Å². The molecule has 0 saturated heterocycles. The molecule has 5 nitrogen and oxygen atoms in total. The molecule has 100 valence electrons. The summed E-state index contributed by atoms with van der Waals surface area (Å²) >= 11 is 0. The van der Waals surface area contributed by atoms with E-state index < -0.39 is 0 Å². The summed E-state index contributed by atoms with van der Waals surface area (Å²) < 4.78 is 9.77. The van der Waals surface area contributed by atoms with Gasteiger partial charge in [0, 0.05) is 26.6 Å². The van der Waals surface area contributed by atoms with Crippen molar-refractivity contribution in [1.82, 2.24) is 4.90 Å². The van der Waals surface area contributed by atoms with Gasteiger partial charge in [0.1, 0.15) is 0 Å². The van der Waals surface area contributed by atoms with E-state index in [1.54, 1.807) is 18.9 Å². The third-order valence-corrected chi connectivity index (χ3v) is 2.27. The SMILES string of the molecule is CCCC(=O)N(CCOC)CCC(=O)OCC. The van der Waals surface area contributed by atoms with Gasteiger partial charge in [0.05, 0.1) is 19.6 Å². The molecular formula is C12H23NO4. The Balaban J connectivity index is 4.08. The number of nitrogens with zero attached hydrogens (tertiary/aromatic N) is 1. The Morgan fingerprint density at radius 2 is 1.82 bits per heavy atom. The second-order valence-corrected chi connectivity index (χ2v) is 3.68. The molecule has 0 aromatic rings. The Bertz CT molecular complexity index is 231. The summed E-state index contributed by atoms with van der Waals surface area (Å²) in [5.41, 5.74) is 0. The van der Waals surface area contributed by atoms with Crippen LogP contribution in [0.25, 0.3) is 0 Å². The van der Waals surface area contributed by atoms with Crippen LogP contribution in [0.4, 0.5) is 0 Å². The average Bonchev–Trinajstić information content (AvgIpc) is 2.29. The lowest BCUT2D eigenvalue weighted by atomic mass is 10.2. The highest BCUT2D eigenvalue weighted by molar-refractivity contribution is 5.77. The molecule has 0 fully saturated rings. The van der Waals surface area contributed by atoms with E-state index >= 15 is 0 Å². The summed E-state index contributed by atoms with van der Waals surface area (Å²) in [5, 5.41) is 0. The van der Waals surface area contributed by atoms with Gasteiger partial charge < -0.3 is 14.4 Å². The number of ether oxygens (including phenoxy) is 2. The van der Waals surface area contributed by atoms with E-state index in [-0.39, 0.29) is 18.3 Å². The lowest BCUT2D eigenvalue weighted by Gasteiger charge is -2.21. The fourth-order valence-electron chi connectivity index (χ4n) is 1.39. The minimum Gasteiger partial charge on any atom is -0.466 e. The van der Waals surface area contributed by atoms with Crippen LogP contribution in [0.15, 0.2) is 0 Å². The molecule has 0 aliphatic carbocycles. The number of esters is 1. The van der Waals surface area contributed by atoms with Crippen molar-refractivity contribution in [2.75, 3.05) is 33.4 Å². The van der Waals surface area contributed by atoms with Crippen LogP contribution in [0, 0.1) is 0 Å². The molecule has 0 radical (unpaired) electrons. The summed E-state index contributed by atoms with van der Waals surface area (Å²) in [5.74, 6) is -0.201. The van der Waals surface area contributed by atoms with Crippen molar-refractivity contribution < 1.29 is 19.1 Å². The zero-order valence-corrected chi connectivity index (χ0v) is 11.0. The molecule has 5 heteroatoms. The minimum absolute atomic E-state index is 0.0637. The summed E-state index contributed by atoms with van der Waals surface area (Å²) in [7, 11) is 1.59. The van der Waals surface area contributed by atoms with E-state index in [4.69, 9.17) is 9.47 Å². The number of rotatable bonds is 9. The molecular weight excluding hydrogens is 222 g/mol. The molecule has 0 aromatic heterocycles. The summed E-state index contributed by atoms with van der Waals surface area (Å²) in [6.45, 7) is 5.51. The molecule has 17 heavy (non-hydrogen) atoms. The summed E-state index contributed by atoms with van der Waals surface area (Å²) in [4.78, 5) is 24.6. The Kier molecular flexibility index (Phi) is 9.43. The van der Waals surface area contributed by atoms with Gasteiger partial charge in [-0.3, -0.25) is 9.59 Å². The second kappa shape index (κ2) is 10.1. The van der Waals surface area contributed by atoms with Gasteiger partial charge in [-0.2, -0.15) is 0 Å². The highest BCUT2D eigenvalue weighted by Crippen LogP contribution is 2.00. The van der Waals surface area contributed by atoms with Crippen LogP contribution in [0.2, 0.25) is 0 Å². The first kappa shape index (κ1) is 15.9. The third kappa shape index (κ3) is 7.74. The van der Waals surface area contributed by atoms with Crippen molar-refractivity contribution in [3.8, 4) is 0 Å². The number of carbonyl (C=O) groups is 2. The van der Waals surface area contributed by atoms with Crippen LogP contribution in [0.3, 0.4) is 0 Å². The number of carbonyl (C=O) groups excluding carboxylic acids is 2. The van der Waals surface area contributed by atoms with Gasteiger partial charge in [-0.05, 0) is 13.3 Å². The molecule has 0 aliphatic heterocycles. The molecule has 0 heterocycles. The fourth-order valence-corrected chi connectivity index (χ4v) is 1.39. The van der Waals surface area contributed by atoms with Gasteiger partial charge in [-0.15, -0.1) is 0 Å². The molecule has 0 atom stereocenters. The van der Waals surface area contributed by atoms with Crippen molar-refractivity contribution in [2.24, 2.45) is 0 Å². The van der Waals surface area contributed by atoms with Crippen molar-refractivity contribution in [2.45, 2.75) is 33.1 Å². The predicted molar refractivity (Wildman–Crippen MR) is 64.6 cm³/mol. The smallest absolute Gasteiger partial charge is 0.307 e. The van der Waals surface area contributed by atoms with E-state index in [2.05, 4.69) is 0 Å². The zero-order chi connectivity index (χ0) is 13.1. The van der Waals surface area contributed by atoms with Crippen molar-refractivity contribution in [1.29, 1.82) is 0 Å². The maximum atomic E-state index is 11.7. The predicted octanol–water partition coefficient (Wildman–Crippen LogP) is 1.21. The Hall–Kier alpha value is -1.10. The van der Waals surface area contributed by atoms with Crippen molar-refractivity contribution in [3.05, 3.63) is 0 Å². The lowest BCUT2D eigenvalue weighted by Crippen LogP contribution is -2.35. The van der Waals surface area contributed by atoms with Gasteiger partial charge in [-0.25, -0.2) is 0 Å². The third-order valence-electron chi connectivity index (χ3n) is 2.27. The quantitative estimate of drug-likeness (QED) is 0.573. The number of hydrogen-bond donors (Lipinski definition) is 0. The topological polar surface area (TPSA) is 55.8 Å². The van der Waals surface area contributed by atoms with Crippen LogP contribution >= 0.6 is 0 Å². The van der Waals surface area contributed by atoms with Crippen LogP contribution in [0.1, 0.15) is 33.1 Å².